The third kappa shape index (κ3) is 5.97. The van der Waals surface area contributed by atoms with Gasteiger partial charge in [-0.3, -0.25) is 14.9 Å². The van der Waals surface area contributed by atoms with Gasteiger partial charge in [0, 0.05) is 11.4 Å². The Morgan fingerprint density at radius 2 is 1.88 bits per heavy atom. The fourth-order valence-electron chi connectivity index (χ4n) is 2.55. The van der Waals surface area contributed by atoms with Crippen LogP contribution in [0.1, 0.15) is 42.3 Å². The molecule has 140 valence electrons. The molecule has 1 aromatic heterocycles. The van der Waals surface area contributed by atoms with Gasteiger partial charge in [-0.25, -0.2) is 0 Å². The van der Waals surface area contributed by atoms with Crippen molar-refractivity contribution in [2.24, 2.45) is 0 Å². The minimum atomic E-state index is -0.546. The summed E-state index contributed by atoms with van der Waals surface area (Å²) in [6.45, 7) is 6.49. The Balaban J connectivity index is 1.95. The molecule has 0 unspecified atom stereocenters. The molecular formula is C20H27N3O2S. The maximum absolute atomic E-state index is 12.2. The standard InChI is InChI=1S/C20H27N3O2S/c1-4-11-21-20(25)15(3)23-18(24)13-22-19(17-6-5-12-26-17)16-9-7-14(2)8-10-16/h5-10,12,15,19,22H,4,11,13H2,1-3H3,(H,21,25)(H,23,24)/t15-,19+/m1/s1. The van der Waals surface area contributed by atoms with E-state index in [2.05, 4.69) is 53.2 Å². The number of rotatable bonds is 9. The van der Waals surface area contributed by atoms with Gasteiger partial charge in [-0.1, -0.05) is 42.8 Å². The predicted octanol–water partition coefficient (Wildman–Crippen LogP) is 2.77. The highest BCUT2D eigenvalue weighted by atomic mass is 32.1. The average molecular weight is 374 g/mol. The number of carbonyl (C=O) groups is 2. The summed E-state index contributed by atoms with van der Waals surface area (Å²) in [4.78, 5) is 25.3. The summed E-state index contributed by atoms with van der Waals surface area (Å²) < 4.78 is 0. The zero-order chi connectivity index (χ0) is 18.9. The molecule has 0 bridgehead atoms. The van der Waals surface area contributed by atoms with Crippen molar-refractivity contribution in [3.8, 4) is 0 Å². The molecule has 2 aromatic rings. The van der Waals surface area contributed by atoms with Gasteiger partial charge >= 0.3 is 0 Å². The third-order valence-corrected chi connectivity index (χ3v) is 4.96. The molecule has 0 saturated carbocycles. The second kappa shape index (κ2) is 10.1. The van der Waals surface area contributed by atoms with Gasteiger partial charge in [0.25, 0.3) is 0 Å². The van der Waals surface area contributed by atoms with Crippen LogP contribution in [0.2, 0.25) is 0 Å². The van der Waals surface area contributed by atoms with Crippen molar-refractivity contribution >= 4 is 23.2 Å². The van der Waals surface area contributed by atoms with E-state index in [0.717, 1.165) is 16.9 Å². The Morgan fingerprint density at radius 1 is 1.15 bits per heavy atom. The summed E-state index contributed by atoms with van der Waals surface area (Å²) in [5, 5.41) is 10.9. The number of amides is 2. The highest BCUT2D eigenvalue weighted by molar-refractivity contribution is 7.10. The Kier molecular flexibility index (Phi) is 7.81. The minimum Gasteiger partial charge on any atom is -0.354 e. The van der Waals surface area contributed by atoms with E-state index < -0.39 is 6.04 Å². The topological polar surface area (TPSA) is 70.2 Å². The van der Waals surface area contributed by atoms with E-state index in [1.807, 2.05) is 18.4 Å². The number of nitrogens with one attached hydrogen (secondary N) is 3. The second-order valence-corrected chi connectivity index (χ2v) is 7.30. The number of hydrogen-bond acceptors (Lipinski definition) is 4. The van der Waals surface area contributed by atoms with Crippen molar-refractivity contribution in [3.05, 3.63) is 57.8 Å². The van der Waals surface area contributed by atoms with Crippen LogP contribution in [0.25, 0.3) is 0 Å². The molecule has 5 nitrogen and oxygen atoms in total. The average Bonchev–Trinajstić information content (AvgIpc) is 3.15. The van der Waals surface area contributed by atoms with Gasteiger partial charge in [-0.05, 0) is 37.3 Å². The van der Waals surface area contributed by atoms with Crippen LogP contribution in [-0.4, -0.2) is 30.9 Å². The molecule has 2 rings (SSSR count). The maximum atomic E-state index is 12.2. The fourth-order valence-corrected chi connectivity index (χ4v) is 3.38. The van der Waals surface area contributed by atoms with Crippen LogP contribution in [0.15, 0.2) is 41.8 Å². The lowest BCUT2D eigenvalue weighted by atomic mass is 10.0. The molecule has 2 atom stereocenters. The lowest BCUT2D eigenvalue weighted by molar-refractivity contribution is -0.128. The van der Waals surface area contributed by atoms with Crippen LogP contribution < -0.4 is 16.0 Å². The van der Waals surface area contributed by atoms with Crippen molar-refractivity contribution in [1.82, 2.24) is 16.0 Å². The molecular weight excluding hydrogens is 346 g/mol. The number of aryl methyl sites for hydroxylation is 1. The molecule has 0 aliphatic rings. The summed E-state index contributed by atoms with van der Waals surface area (Å²) in [6.07, 6.45) is 0.868. The van der Waals surface area contributed by atoms with Gasteiger partial charge < -0.3 is 10.6 Å². The van der Waals surface area contributed by atoms with E-state index in [0.29, 0.717) is 6.54 Å². The Morgan fingerprint density at radius 3 is 2.50 bits per heavy atom. The van der Waals surface area contributed by atoms with Gasteiger partial charge in [0.05, 0.1) is 12.6 Å². The number of hydrogen-bond donors (Lipinski definition) is 3. The van der Waals surface area contributed by atoms with E-state index >= 15 is 0 Å². The monoisotopic (exact) mass is 373 g/mol. The smallest absolute Gasteiger partial charge is 0.242 e. The van der Waals surface area contributed by atoms with Crippen molar-refractivity contribution < 1.29 is 9.59 Å². The van der Waals surface area contributed by atoms with Crippen molar-refractivity contribution in [2.45, 2.75) is 39.3 Å². The predicted molar refractivity (Wildman–Crippen MR) is 106 cm³/mol. The Bertz CT molecular complexity index is 698. The lowest BCUT2D eigenvalue weighted by Gasteiger charge is -2.19. The summed E-state index contributed by atoms with van der Waals surface area (Å²) in [7, 11) is 0. The molecule has 0 spiro atoms. The number of thiophene rings is 1. The molecule has 0 aliphatic carbocycles. The molecule has 0 aliphatic heterocycles. The number of carbonyl (C=O) groups excluding carboxylic acids is 2. The third-order valence-electron chi connectivity index (χ3n) is 4.03. The van der Waals surface area contributed by atoms with E-state index in [-0.39, 0.29) is 24.4 Å². The van der Waals surface area contributed by atoms with E-state index in [1.165, 1.54) is 5.56 Å². The molecule has 0 radical (unpaired) electrons. The molecule has 26 heavy (non-hydrogen) atoms. The SMILES string of the molecule is CCCNC(=O)[C@@H](C)NC(=O)CN[C@@H](c1ccc(C)cc1)c1cccs1. The summed E-state index contributed by atoms with van der Waals surface area (Å²) in [5.41, 5.74) is 2.31. The zero-order valence-corrected chi connectivity index (χ0v) is 16.4. The molecule has 3 N–H and O–H groups in total. The highest BCUT2D eigenvalue weighted by Gasteiger charge is 2.18. The minimum absolute atomic E-state index is 0.0504. The molecule has 1 heterocycles. The highest BCUT2D eigenvalue weighted by Crippen LogP contribution is 2.26. The Labute approximate surface area is 159 Å². The first kappa shape index (κ1) is 20.1. The Hall–Kier alpha value is -2.18. The van der Waals surface area contributed by atoms with Crippen LogP contribution in [0.3, 0.4) is 0 Å². The fraction of sp³-hybridized carbons (Fsp3) is 0.400. The summed E-state index contributed by atoms with van der Waals surface area (Å²) in [5.74, 6) is -0.355. The van der Waals surface area contributed by atoms with E-state index in [9.17, 15) is 9.59 Å². The summed E-state index contributed by atoms with van der Waals surface area (Å²) in [6, 6.07) is 11.7. The van der Waals surface area contributed by atoms with Crippen LogP contribution in [0.4, 0.5) is 0 Å². The lowest BCUT2D eigenvalue weighted by Crippen LogP contribution is -2.47. The van der Waals surface area contributed by atoms with Crippen molar-refractivity contribution in [3.63, 3.8) is 0 Å². The first-order valence-electron chi connectivity index (χ1n) is 8.91. The van der Waals surface area contributed by atoms with Gasteiger partial charge in [0.2, 0.25) is 11.8 Å². The van der Waals surface area contributed by atoms with Gasteiger partial charge in [-0.2, -0.15) is 0 Å². The van der Waals surface area contributed by atoms with Crippen LogP contribution >= 0.6 is 11.3 Å². The van der Waals surface area contributed by atoms with Gasteiger partial charge in [0.15, 0.2) is 0 Å². The van der Waals surface area contributed by atoms with Crippen LogP contribution in [0.5, 0.6) is 0 Å². The maximum Gasteiger partial charge on any atom is 0.242 e. The molecule has 0 fully saturated rings. The molecule has 2 amide bonds. The zero-order valence-electron chi connectivity index (χ0n) is 15.5. The molecule has 6 heteroatoms. The molecule has 1 aromatic carbocycles. The van der Waals surface area contributed by atoms with E-state index in [1.54, 1.807) is 18.3 Å². The first-order valence-corrected chi connectivity index (χ1v) is 9.79. The van der Waals surface area contributed by atoms with Crippen LogP contribution in [0, 0.1) is 6.92 Å². The second-order valence-electron chi connectivity index (χ2n) is 6.32. The van der Waals surface area contributed by atoms with Gasteiger partial charge in [0.1, 0.15) is 6.04 Å². The number of benzene rings is 1. The largest absolute Gasteiger partial charge is 0.354 e. The van der Waals surface area contributed by atoms with E-state index in [4.69, 9.17) is 0 Å². The van der Waals surface area contributed by atoms with Crippen LogP contribution in [-0.2, 0) is 9.59 Å². The summed E-state index contributed by atoms with van der Waals surface area (Å²) >= 11 is 1.65. The normalized spacial score (nSPS) is 13.0. The first-order chi connectivity index (χ1) is 12.5. The quantitative estimate of drug-likeness (QED) is 0.633. The van der Waals surface area contributed by atoms with Gasteiger partial charge in [-0.15, -0.1) is 11.3 Å². The van der Waals surface area contributed by atoms with Crippen molar-refractivity contribution in [1.29, 1.82) is 0 Å². The molecule has 0 saturated heterocycles. The van der Waals surface area contributed by atoms with Crippen molar-refractivity contribution in [2.75, 3.05) is 13.1 Å².